The molecule has 0 aliphatic rings. The smallest absolute Gasteiger partial charge is 0.139 e. The first kappa shape index (κ1) is 10.9. The lowest BCUT2D eigenvalue weighted by molar-refractivity contribution is -0.120. The van der Waals surface area contributed by atoms with Crippen molar-refractivity contribution in [1.29, 1.82) is 0 Å². The second-order valence-electron chi connectivity index (χ2n) is 4.77. The van der Waals surface area contributed by atoms with Crippen LogP contribution in [0.1, 0.15) is 32.9 Å². The van der Waals surface area contributed by atoms with E-state index in [2.05, 4.69) is 25.8 Å². The zero-order valence-corrected chi connectivity index (χ0v) is 9.08. The van der Waals surface area contributed by atoms with Gasteiger partial charge in [-0.2, -0.15) is 0 Å². The van der Waals surface area contributed by atoms with Crippen LogP contribution in [-0.4, -0.2) is 10.8 Å². The van der Waals surface area contributed by atoms with Gasteiger partial charge in [-0.1, -0.05) is 26.8 Å². The molecule has 0 atom stereocenters. The standard InChI is InChI=1S/C12H17NO/c1-12(2,3)9-11(14)8-10-6-4-5-7-13-10/h4-7H,8-9H2,1-3H3. The Bertz CT molecular complexity index is 298. The van der Waals surface area contributed by atoms with Gasteiger partial charge in [0.15, 0.2) is 0 Å². The third kappa shape index (κ3) is 4.17. The number of nitrogens with zero attached hydrogens (tertiary/aromatic N) is 1. The van der Waals surface area contributed by atoms with Crippen molar-refractivity contribution in [2.75, 3.05) is 0 Å². The second kappa shape index (κ2) is 4.36. The number of hydrogen-bond donors (Lipinski definition) is 0. The molecule has 1 aromatic heterocycles. The molecule has 1 rings (SSSR count). The zero-order chi connectivity index (χ0) is 10.6. The number of rotatable bonds is 3. The van der Waals surface area contributed by atoms with Crippen LogP contribution in [0.4, 0.5) is 0 Å². The quantitative estimate of drug-likeness (QED) is 0.735. The number of carbonyl (C=O) groups excluding carboxylic acids is 1. The molecule has 0 aromatic carbocycles. The summed E-state index contributed by atoms with van der Waals surface area (Å²) in [4.78, 5) is 15.7. The van der Waals surface area contributed by atoms with Gasteiger partial charge in [0.2, 0.25) is 0 Å². The Morgan fingerprint density at radius 2 is 2.07 bits per heavy atom. The third-order valence-corrected chi connectivity index (χ3v) is 1.83. The molecule has 14 heavy (non-hydrogen) atoms. The summed E-state index contributed by atoms with van der Waals surface area (Å²) in [5, 5.41) is 0. The van der Waals surface area contributed by atoms with Crippen LogP contribution in [-0.2, 0) is 11.2 Å². The summed E-state index contributed by atoms with van der Waals surface area (Å²) in [7, 11) is 0. The SMILES string of the molecule is CC(C)(C)CC(=O)Cc1ccccn1. The fourth-order valence-corrected chi connectivity index (χ4v) is 1.36. The van der Waals surface area contributed by atoms with Gasteiger partial charge in [-0.25, -0.2) is 0 Å². The van der Waals surface area contributed by atoms with E-state index in [0.717, 1.165) is 5.69 Å². The van der Waals surface area contributed by atoms with E-state index in [1.807, 2.05) is 18.2 Å². The maximum atomic E-state index is 11.6. The van der Waals surface area contributed by atoms with E-state index in [9.17, 15) is 4.79 Å². The number of hydrogen-bond acceptors (Lipinski definition) is 2. The van der Waals surface area contributed by atoms with Crippen LogP contribution in [0.3, 0.4) is 0 Å². The molecule has 0 spiro atoms. The van der Waals surface area contributed by atoms with Crippen LogP contribution < -0.4 is 0 Å². The average molecular weight is 191 g/mol. The molecule has 0 amide bonds. The lowest BCUT2D eigenvalue weighted by Crippen LogP contribution is -2.15. The monoisotopic (exact) mass is 191 g/mol. The molecule has 0 aliphatic heterocycles. The molecule has 0 fully saturated rings. The Labute approximate surface area is 85.4 Å². The number of carbonyl (C=O) groups is 1. The van der Waals surface area contributed by atoms with Crippen molar-refractivity contribution in [3.63, 3.8) is 0 Å². The van der Waals surface area contributed by atoms with Crippen molar-refractivity contribution < 1.29 is 4.79 Å². The summed E-state index contributed by atoms with van der Waals surface area (Å²) >= 11 is 0. The normalized spacial score (nSPS) is 11.4. The van der Waals surface area contributed by atoms with Crippen molar-refractivity contribution in [3.8, 4) is 0 Å². The summed E-state index contributed by atoms with van der Waals surface area (Å²) < 4.78 is 0. The summed E-state index contributed by atoms with van der Waals surface area (Å²) in [6, 6.07) is 5.66. The van der Waals surface area contributed by atoms with Crippen molar-refractivity contribution in [3.05, 3.63) is 30.1 Å². The molecule has 76 valence electrons. The van der Waals surface area contributed by atoms with Crippen molar-refractivity contribution in [2.24, 2.45) is 5.41 Å². The van der Waals surface area contributed by atoms with Gasteiger partial charge in [0.05, 0.1) is 0 Å². The fraction of sp³-hybridized carbons (Fsp3) is 0.500. The highest BCUT2D eigenvalue weighted by molar-refractivity contribution is 5.80. The maximum absolute atomic E-state index is 11.6. The second-order valence-corrected chi connectivity index (χ2v) is 4.77. The minimum atomic E-state index is 0.0753. The van der Waals surface area contributed by atoms with E-state index in [4.69, 9.17) is 0 Å². The summed E-state index contributed by atoms with van der Waals surface area (Å²) in [5.74, 6) is 0.260. The molecular formula is C12H17NO. The van der Waals surface area contributed by atoms with E-state index in [-0.39, 0.29) is 11.2 Å². The van der Waals surface area contributed by atoms with Crippen LogP contribution in [0.5, 0.6) is 0 Å². The number of pyridine rings is 1. The first-order valence-electron chi connectivity index (χ1n) is 4.89. The van der Waals surface area contributed by atoms with Gasteiger partial charge >= 0.3 is 0 Å². The van der Waals surface area contributed by atoms with Gasteiger partial charge in [0.1, 0.15) is 5.78 Å². The van der Waals surface area contributed by atoms with Crippen LogP contribution in [0, 0.1) is 5.41 Å². The molecule has 1 heterocycles. The molecule has 0 bridgehead atoms. The maximum Gasteiger partial charge on any atom is 0.139 e. The Kier molecular flexibility index (Phi) is 3.39. The molecule has 0 aliphatic carbocycles. The highest BCUT2D eigenvalue weighted by Crippen LogP contribution is 2.19. The molecular weight excluding hydrogens is 174 g/mol. The van der Waals surface area contributed by atoms with Gasteiger partial charge in [0.25, 0.3) is 0 Å². The van der Waals surface area contributed by atoms with E-state index in [1.54, 1.807) is 6.20 Å². The first-order valence-corrected chi connectivity index (χ1v) is 4.89. The first-order chi connectivity index (χ1) is 6.47. The molecule has 0 radical (unpaired) electrons. The van der Waals surface area contributed by atoms with E-state index < -0.39 is 0 Å². The van der Waals surface area contributed by atoms with E-state index in [1.165, 1.54) is 0 Å². The molecule has 0 saturated carbocycles. The van der Waals surface area contributed by atoms with E-state index in [0.29, 0.717) is 12.8 Å². The molecule has 0 unspecified atom stereocenters. The van der Waals surface area contributed by atoms with Crippen molar-refractivity contribution in [2.45, 2.75) is 33.6 Å². The topological polar surface area (TPSA) is 30.0 Å². The Balaban J connectivity index is 2.50. The number of Topliss-reactive ketones (excluding diaryl/α,β-unsaturated/α-hetero) is 1. The van der Waals surface area contributed by atoms with E-state index >= 15 is 0 Å². The Morgan fingerprint density at radius 3 is 2.57 bits per heavy atom. The van der Waals surface area contributed by atoms with Gasteiger partial charge in [-0.3, -0.25) is 9.78 Å². The van der Waals surface area contributed by atoms with Crippen LogP contribution in [0.25, 0.3) is 0 Å². The van der Waals surface area contributed by atoms with Gasteiger partial charge in [-0.15, -0.1) is 0 Å². The van der Waals surface area contributed by atoms with Crippen molar-refractivity contribution >= 4 is 5.78 Å². The largest absolute Gasteiger partial charge is 0.299 e. The Morgan fingerprint density at radius 1 is 1.36 bits per heavy atom. The summed E-state index contributed by atoms with van der Waals surface area (Å²) in [6.45, 7) is 6.22. The predicted octanol–water partition coefficient (Wildman–Crippen LogP) is 2.63. The highest BCUT2D eigenvalue weighted by atomic mass is 16.1. The molecule has 1 aromatic rings. The lowest BCUT2D eigenvalue weighted by Gasteiger charge is -2.16. The average Bonchev–Trinajstić information content (AvgIpc) is 2.02. The molecule has 2 nitrogen and oxygen atoms in total. The predicted molar refractivity (Wildman–Crippen MR) is 57.0 cm³/mol. The number of ketones is 1. The lowest BCUT2D eigenvalue weighted by atomic mass is 9.89. The molecule has 0 N–H and O–H groups in total. The van der Waals surface area contributed by atoms with Crippen LogP contribution in [0.15, 0.2) is 24.4 Å². The third-order valence-electron chi connectivity index (χ3n) is 1.83. The van der Waals surface area contributed by atoms with Crippen LogP contribution >= 0.6 is 0 Å². The summed E-state index contributed by atoms with van der Waals surface area (Å²) in [5.41, 5.74) is 0.938. The molecule has 2 heteroatoms. The highest BCUT2D eigenvalue weighted by Gasteiger charge is 2.16. The van der Waals surface area contributed by atoms with Crippen LogP contribution in [0.2, 0.25) is 0 Å². The Hall–Kier alpha value is -1.18. The minimum absolute atomic E-state index is 0.0753. The van der Waals surface area contributed by atoms with Gasteiger partial charge < -0.3 is 0 Å². The minimum Gasteiger partial charge on any atom is -0.299 e. The van der Waals surface area contributed by atoms with Gasteiger partial charge in [0, 0.05) is 24.7 Å². The van der Waals surface area contributed by atoms with Crippen molar-refractivity contribution in [1.82, 2.24) is 4.98 Å². The molecule has 0 saturated heterocycles. The zero-order valence-electron chi connectivity index (χ0n) is 9.08. The summed E-state index contributed by atoms with van der Waals surface area (Å²) in [6.07, 6.45) is 2.79. The number of aromatic nitrogens is 1. The fourth-order valence-electron chi connectivity index (χ4n) is 1.36. The van der Waals surface area contributed by atoms with Gasteiger partial charge in [-0.05, 0) is 17.5 Å².